The van der Waals surface area contributed by atoms with E-state index in [4.69, 9.17) is 10.8 Å². The highest BCUT2D eigenvalue weighted by Gasteiger charge is 2.21. The molecule has 0 bridgehead atoms. The first-order valence-electron chi connectivity index (χ1n) is 5.25. The maximum absolute atomic E-state index is 9.10. The van der Waals surface area contributed by atoms with Crippen molar-refractivity contribution in [3.05, 3.63) is 28.7 Å². The van der Waals surface area contributed by atoms with Gasteiger partial charge in [0.25, 0.3) is 0 Å². The molecular formula is C12H18BrNOS. The van der Waals surface area contributed by atoms with E-state index in [9.17, 15) is 0 Å². The van der Waals surface area contributed by atoms with Crippen LogP contribution in [-0.4, -0.2) is 22.5 Å². The number of benzene rings is 1. The van der Waals surface area contributed by atoms with Crippen LogP contribution in [-0.2, 0) is 0 Å². The van der Waals surface area contributed by atoms with Crippen LogP contribution in [0.2, 0.25) is 0 Å². The van der Waals surface area contributed by atoms with E-state index in [1.54, 1.807) is 11.8 Å². The lowest BCUT2D eigenvalue weighted by molar-refractivity contribution is 0.201. The molecule has 0 heterocycles. The fourth-order valence-electron chi connectivity index (χ4n) is 1.51. The molecule has 2 atom stereocenters. The first-order valence-corrected chi connectivity index (χ1v) is 6.92. The highest BCUT2D eigenvalue weighted by Crippen LogP contribution is 2.28. The molecule has 0 aliphatic heterocycles. The van der Waals surface area contributed by atoms with Crippen molar-refractivity contribution in [2.45, 2.75) is 36.0 Å². The third kappa shape index (κ3) is 4.87. The molecule has 3 N–H and O–H groups in total. The van der Waals surface area contributed by atoms with E-state index in [-0.39, 0.29) is 6.61 Å². The van der Waals surface area contributed by atoms with Crippen molar-refractivity contribution in [2.24, 2.45) is 5.73 Å². The second kappa shape index (κ2) is 6.05. The molecule has 16 heavy (non-hydrogen) atoms. The third-order valence-electron chi connectivity index (χ3n) is 2.27. The maximum atomic E-state index is 9.10. The van der Waals surface area contributed by atoms with Crippen molar-refractivity contribution in [1.29, 1.82) is 0 Å². The molecule has 0 aliphatic carbocycles. The Morgan fingerprint density at radius 2 is 2.00 bits per heavy atom. The number of hydrogen-bond donors (Lipinski definition) is 2. The zero-order valence-corrected chi connectivity index (χ0v) is 12.0. The molecule has 0 spiro atoms. The van der Waals surface area contributed by atoms with Gasteiger partial charge < -0.3 is 10.8 Å². The van der Waals surface area contributed by atoms with Crippen molar-refractivity contribution in [1.82, 2.24) is 0 Å². The van der Waals surface area contributed by atoms with Crippen LogP contribution >= 0.6 is 27.7 Å². The Kier molecular flexibility index (Phi) is 5.31. The van der Waals surface area contributed by atoms with Gasteiger partial charge in [0.05, 0.1) is 6.61 Å². The normalized spacial score (nSPS) is 16.8. The van der Waals surface area contributed by atoms with Gasteiger partial charge in [-0.25, -0.2) is 0 Å². The van der Waals surface area contributed by atoms with Crippen LogP contribution in [0.25, 0.3) is 0 Å². The quantitative estimate of drug-likeness (QED) is 0.822. The Balaban J connectivity index is 2.51. The summed E-state index contributed by atoms with van der Waals surface area (Å²) in [6.07, 6.45) is 0.796. The SMILES string of the molecule is CC(CC(C)(N)CO)Sc1ccc(Br)cc1. The fourth-order valence-corrected chi connectivity index (χ4v) is 2.99. The van der Waals surface area contributed by atoms with E-state index < -0.39 is 5.54 Å². The van der Waals surface area contributed by atoms with Crippen LogP contribution in [0.1, 0.15) is 20.3 Å². The van der Waals surface area contributed by atoms with Crippen LogP contribution in [0.3, 0.4) is 0 Å². The molecule has 2 unspecified atom stereocenters. The van der Waals surface area contributed by atoms with Gasteiger partial charge in [0.2, 0.25) is 0 Å². The summed E-state index contributed by atoms with van der Waals surface area (Å²) >= 11 is 5.19. The van der Waals surface area contributed by atoms with Crippen molar-refractivity contribution < 1.29 is 5.11 Å². The number of aliphatic hydroxyl groups is 1. The van der Waals surface area contributed by atoms with Gasteiger partial charge in [0.1, 0.15) is 0 Å². The summed E-state index contributed by atoms with van der Waals surface area (Å²) < 4.78 is 1.09. The molecule has 0 aliphatic rings. The Bertz CT molecular complexity index is 326. The first kappa shape index (κ1) is 14.0. The highest BCUT2D eigenvalue weighted by atomic mass is 79.9. The standard InChI is InChI=1S/C12H18BrNOS/c1-9(7-12(2,14)8-15)16-11-5-3-10(13)4-6-11/h3-6,9,15H,7-8,14H2,1-2H3. The zero-order chi connectivity index (χ0) is 12.2. The third-order valence-corrected chi connectivity index (χ3v) is 3.91. The van der Waals surface area contributed by atoms with Gasteiger partial charge in [-0.2, -0.15) is 0 Å². The Hall–Kier alpha value is -0.0300. The number of hydrogen-bond acceptors (Lipinski definition) is 3. The molecule has 0 fully saturated rings. The van der Waals surface area contributed by atoms with E-state index in [2.05, 4.69) is 35.0 Å². The minimum Gasteiger partial charge on any atom is -0.394 e. The Morgan fingerprint density at radius 1 is 1.44 bits per heavy atom. The summed E-state index contributed by atoms with van der Waals surface area (Å²) in [6.45, 7) is 4.04. The minimum atomic E-state index is -0.484. The van der Waals surface area contributed by atoms with Gasteiger partial charge in [-0.1, -0.05) is 22.9 Å². The van der Waals surface area contributed by atoms with Crippen molar-refractivity contribution in [3.8, 4) is 0 Å². The van der Waals surface area contributed by atoms with E-state index >= 15 is 0 Å². The summed E-state index contributed by atoms with van der Waals surface area (Å²) in [5.41, 5.74) is 5.44. The van der Waals surface area contributed by atoms with E-state index in [1.165, 1.54) is 4.90 Å². The first-order chi connectivity index (χ1) is 7.43. The summed E-state index contributed by atoms with van der Waals surface area (Å²) in [5.74, 6) is 0. The zero-order valence-electron chi connectivity index (χ0n) is 9.61. The molecule has 2 nitrogen and oxygen atoms in total. The smallest absolute Gasteiger partial charge is 0.0608 e. The van der Waals surface area contributed by atoms with Gasteiger partial charge in [-0.3, -0.25) is 0 Å². The summed E-state index contributed by atoms with van der Waals surface area (Å²) in [6, 6.07) is 8.22. The molecule has 0 amide bonds. The molecule has 0 aromatic heterocycles. The fraction of sp³-hybridized carbons (Fsp3) is 0.500. The van der Waals surface area contributed by atoms with Crippen molar-refractivity contribution in [3.63, 3.8) is 0 Å². The summed E-state index contributed by atoms with van der Waals surface area (Å²) in [5, 5.41) is 9.50. The van der Waals surface area contributed by atoms with Crippen LogP contribution < -0.4 is 5.73 Å². The van der Waals surface area contributed by atoms with Crippen LogP contribution in [0.15, 0.2) is 33.6 Å². The van der Waals surface area contributed by atoms with Crippen LogP contribution in [0.4, 0.5) is 0 Å². The Morgan fingerprint density at radius 3 is 2.50 bits per heavy atom. The van der Waals surface area contributed by atoms with E-state index in [0.717, 1.165) is 10.9 Å². The predicted octanol–water partition coefficient (Wildman–Crippen LogP) is 3.03. The molecule has 1 aromatic carbocycles. The van der Waals surface area contributed by atoms with Crippen molar-refractivity contribution in [2.75, 3.05) is 6.61 Å². The molecule has 0 saturated heterocycles. The largest absolute Gasteiger partial charge is 0.394 e. The lowest BCUT2D eigenvalue weighted by Gasteiger charge is -2.25. The van der Waals surface area contributed by atoms with E-state index in [0.29, 0.717) is 5.25 Å². The molecule has 90 valence electrons. The van der Waals surface area contributed by atoms with Gasteiger partial charge >= 0.3 is 0 Å². The molecule has 1 aromatic rings. The van der Waals surface area contributed by atoms with Crippen LogP contribution in [0.5, 0.6) is 0 Å². The average molecular weight is 304 g/mol. The lowest BCUT2D eigenvalue weighted by Crippen LogP contribution is -2.42. The number of rotatable bonds is 5. The van der Waals surface area contributed by atoms with Gasteiger partial charge in [0.15, 0.2) is 0 Å². The number of aliphatic hydroxyl groups excluding tert-OH is 1. The molecule has 1 rings (SSSR count). The number of thioether (sulfide) groups is 1. The summed E-state index contributed by atoms with van der Waals surface area (Å²) in [4.78, 5) is 1.23. The monoisotopic (exact) mass is 303 g/mol. The highest BCUT2D eigenvalue weighted by molar-refractivity contribution is 9.10. The number of nitrogens with two attached hydrogens (primary N) is 1. The molecular weight excluding hydrogens is 286 g/mol. The van der Waals surface area contributed by atoms with E-state index in [1.807, 2.05) is 19.1 Å². The summed E-state index contributed by atoms with van der Waals surface area (Å²) in [7, 11) is 0. The molecule has 4 heteroatoms. The lowest BCUT2D eigenvalue weighted by atomic mass is 9.99. The number of halogens is 1. The molecule has 0 saturated carbocycles. The average Bonchev–Trinajstić information content (AvgIpc) is 2.21. The topological polar surface area (TPSA) is 46.2 Å². The predicted molar refractivity (Wildman–Crippen MR) is 73.8 cm³/mol. The minimum absolute atomic E-state index is 0.0260. The molecule has 0 radical (unpaired) electrons. The van der Waals surface area contributed by atoms with Gasteiger partial charge in [-0.05, 0) is 37.6 Å². The van der Waals surface area contributed by atoms with Gasteiger partial charge in [0, 0.05) is 20.2 Å². The second-order valence-corrected chi connectivity index (χ2v) is 6.83. The van der Waals surface area contributed by atoms with Crippen molar-refractivity contribution >= 4 is 27.7 Å². The van der Waals surface area contributed by atoms with Crippen LogP contribution in [0, 0.1) is 0 Å². The van der Waals surface area contributed by atoms with Gasteiger partial charge in [-0.15, -0.1) is 11.8 Å². The Labute approximate surface area is 110 Å². The second-order valence-electron chi connectivity index (χ2n) is 4.40. The maximum Gasteiger partial charge on any atom is 0.0608 e.